The molecule has 0 aromatic heterocycles. The van der Waals surface area contributed by atoms with Crippen LogP contribution in [-0.2, 0) is 22.7 Å². The van der Waals surface area contributed by atoms with Crippen LogP contribution in [-0.4, -0.2) is 11.1 Å². The van der Waals surface area contributed by atoms with Crippen LogP contribution >= 0.6 is 11.6 Å². The normalized spacial score (nSPS) is 10.5. The molecule has 0 aliphatic rings. The molecule has 0 unspecified atom stereocenters. The Morgan fingerprint density at radius 2 is 1.68 bits per heavy atom. The first kappa shape index (κ1) is 19.7. The summed E-state index contributed by atoms with van der Waals surface area (Å²) in [5.74, 6) is -0.840. The molecule has 0 aliphatic heterocycles. The van der Waals surface area contributed by atoms with Gasteiger partial charge in [0.15, 0.2) is 0 Å². The summed E-state index contributed by atoms with van der Waals surface area (Å²) in [6.45, 7) is 4.36. The molecule has 0 heterocycles. The highest BCUT2D eigenvalue weighted by Crippen LogP contribution is 2.23. The lowest BCUT2D eigenvalue weighted by molar-refractivity contribution is -0.136. The minimum atomic E-state index is -0.840. The van der Waals surface area contributed by atoms with Gasteiger partial charge in [-0.15, -0.1) is 0 Å². The summed E-state index contributed by atoms with van der Waals surface area (Å²) < 4.78 is 0. The Morgan fingerprint density at radius 1 is 0.964 bits per heavy atom. The molecule has 2 N–H and O–H groups in total. The Kier molecular flexibility index (Phi) is 6.48. The van der Waals surface area contributed by atoms with Gasteiger partial charge in [-0.05, 0) is 39.9 Å². The first-order valence-electron chi connectivity index (χ1n) is 8.74. The predicted molar refractivity (Wildman–Crippen MR) is 112 cm³/mol. The van der Waals surface area contributed by atoms with E-state index in [0.29, 0.717) is 17.3 Å². The molecule has 5 heteroatoms. The van der Waals surface area contributed by atoms with Crippen LogP contribution in [0, 0.1) is 0 Å². The topological polar surface area (TPSA) is 58.6 Å². The quantitative estimate of drug-likeness (QED) is 0.508. The number of benzene rings is 3. The zero-order valence-electron chi connectivity index (χ0n) is 15.2. The van der Waals surface area contributed by atoms with Crippen LogP contribution in [0.25, 0.3) is 16.8 Å². The number of nitrogens with one attached hydrogen (secondary N) is 1. The summed E-state index contributed by atoms with van der Waals surface area (Å²) in [7, 11) is 0. The average Bonchev–Trinajstić information content (AvgIpc) is 2.68. The molecule has 0 bridgehead atoms. The summed E-state index contributed by atoms with van der Waals surface area (Å²) in [6.07, 6.45) is 0.0105. The second kappa shape index (κ2) is 9.22. The fraction of sp³-hybridized carbons (Fsp3) is 0.0870. The van der Waals surface area contributed by atoms with Gasteiger partial charge < -0.3 is 5.11 Å². The van der Waals surface area contributed by atoms with Crippen molar-refractivity contribution >= 4 is 23.3 Å². The Morgan fingerprint density at radius 3 is 2.39 bits per heavy atom. The summed E-state index contributed by atoms with van der Waals surface area (Å²) in [5, 5.41) is 9.62. The molecule has 0 spiro atoms. The van der Waals surface area contributed by atoms with Crippen LogP contribution in [0.2, 0.25) is 5.02 Å². The maximum atomic E-state index is 10.9. The molecule has 0 saturated heterocycles. The maximum absolute atomic E-state index is 10.9. The summed E-state index contributed by atoms with van der Waals surface area (Å²) in [5.41, 5.74) is 8.11. The van der Waals surface area contributed by atoms with Crippen LogP contribution in [0.1, 0.15) is 16.7 Å². The van der Waals surface area contributed by atoms with Gasteiger partial charge in [0, 0.05) is 5.02 Å². The Hall–Kier alpha value is -3.08. The fourth-order valence-electron chi connectivity index (χ4n) is 2.79. The smallest absolute Gasteiger partial charge is 0.307 e. The van der Waals surface area contributed by atoms with Crippen molar-refractivity contribution in [2.45, 2.75) is 13.0 Å². The Balaban J connectivity index is 1.60. The van der Waals surface area contributed by atoms with Crippen LogP contribution in [0.15, 0.2) is 79.4 Å². The van der Waals surface area contributed by atoms with Crippen molar-refractivity contribution in [3.05, 3.63) is 101 Å². The van der Waals surface area contributed by atoms with Crippen LogP contribution in [0.4, 0.5) is 0 Å². The van der Waals surface area contributed by atoms with Gasteiger partial charge in [-0.1, -0.05) is 78.8 Å². The molecule has 0 radical (unpaired) electrons. The van der Waals surface area contributed by atoms with Gasteiger partial charge in [0.1, 0.15) is 0 Å². The number of aliphatic carboxylic acids is 1. The van der Waals surface area contributed by atoms with Crippen molar-refractivity contribution < 1.29 is 14.7 Å². The van der Waals surface area contributed by atoms with Crippen molar-refractivity contribution in [3.8, 4) is 11.1 Å². The number of carbonyl (C=O) groups is 1. The Bertz CT molecular complexity index is 983. The lowest BCUT2D eigenvalue weighted by Crippen LogP contribution is -2.12. The van der Waals surface area contributed by atoms with Crippen molar-refractivity contribution in [3.63, 3.8) is 0 Å². The molecular formula is C23H20ClNO3. The SMILES string of the molecule is C=C(NOCc1cccc(Cl)c1)c1ccc(-c2cccc(CC(=O)O)c2)cc1. The lowest BCUT2D eigenvalue weighted by Gasteiger charge is -2.11. The van der Waals surface area contributed by atoms with E-state index in [0.717, 1.165) is 27.8 Å². The van der Waals surface area contributed by atoms with Crippen molar-refractivity contribution in [1.82, 2.24) is 5.48 Å². The van der Waals surface area contributed by atoms with E-state index in [4.69, 9.17) is 21.5 Å². The molecule has 0 aliphatic carbocycles. The average molecular weight is 394 g/mol. The van der Waals surface area contributed by atoms with Gasteiger partial charge in [0.2, 0.25) is 0 Å². The van der Waals surface area contributed by atoms with E-state index in [9.17, 15) is 4.79 Å². The molecule has 0 saturated carbocycles. The molecule has 0 fully saturated rings. The lowest BCUT2D eigenvalue weighted by atomic mass is 10.0. The molecule has 142 valence electrons. The van der Waals surface area contributed by atoms with Gasteiger partial charge >= 0.3 is 5.97 Å². The standard InChI is InChI=1S/C23H20ClNO3/c1-16(25-28-15-18-5-3-7-22(24)13-18)19-8-10-20(11-9-19)21-6-2-4-17(12-21)14-23(26)27/h2-13,25H,1,14-15H2,(H,26,27). The fourth-order valence-corrected chi connectivity index (χ4v) is 3.00. The van der Waals surface area contributed by atoms with E-state index in [1.807, 2.05) is 72.8 Å². The van der Waals surface area contributed by atoms with Gasteiger partial charge in [0.05, 0.1) is 18.7 Å². The first-order chi connectivity index (χ1) is 13.5. The number of carboxylic acid groups (broad SMARTS) is 1. The van der Waals surface area contributed by atoms with Gasteiger partial charge in [-0.2, -0.15) is 0 Å². The summed E-state index contributed by atoms with van der Waals surface area (Å²) in [6, 6.07) is 22.8. The molecule has 3 aromatic carbocycles. The first-order valence-corrected chi connectivity index (χ1v) is 9.12. The third-order valence-electron chi connectivity index (χ3n) is 4.17. The number of hydroxylamine groups is 1. The summed E-state index contributed by atoms with van der Waals surface area (Å²) in [4.78, 5) is 16.4. The van der Waals surface area contributed by atoms with Gasteiger partial charge in [-0.3, -0.25) is 15.1 Å². The third-order valence-corrected chi connectivity index (χ3v) is 4.41. The second-order valence-electron chi connectivity index (χ2n) is 6.35. The Labute approximate surface area is 169 Å². The summed E-state index contributed by atoms with van der Waals surface area (Å²) >= 11 is 5.96. The molecule has 3 rings (SSSR count). The zero-order chi connectivity index (χ0) is 19.9. The largest absolute Gasteiger partial charge is 0.481 e. The van der Waals surface area contributed by atoms with E-state index in [1.165, 1.54) is 0 Å². The van der Waals surface area contributed by atoms with Crippen molar-refractivity contribution in [1.29, 1.82) is 0 Å². The number of halogens is 1. The van der Waals surface area contributed by atoms with Crippen LogP contribution in [0.5, 0.6) is 0 Å². The van der Waals surface area contributed by atoms with E-state index in [-0.39, 0.29) is 6.42 Å². The minimum absolute atomic E-state index is 0.0105. The number of hydrogen-bond donors (Lipinski definition) is 2. The van der Waals surface area contributed by atoms with Crippen LogP contribution in [0.3, 0.4) is 0 Å². The maximum Gasteiger partial charge on any atom is 0.307 e. The number of hydrogen-bond acceptors (Lipinski definition) is 3. The monoisotopic (exact) mass is 393 g/mol. The molecule has 0 amide bonds. The highest BCUT2D eigenvalue weighted by molar-refractivity contribution is 6.30. The highest BCUT2D eigenvalue weighted by atomic mass is 35.5. The molecular weight excluding hydrogens is 374 g/mol. The van der Waals surface area contributed by atoms with Crippen molar-refractivity contribution in [2.75, 3.05) is 0 Å². The third kappa shape index (κ3) is 5.46. The second-order valence-corrected chi connectivity index (χ2v) is 6.78. The number of rotatable bonds is 8. The molecule has 4 nitrogen and oxygen atoms in total. The van der Waals surface area contributed by atoms with E-state index in [1.54, 1.807) is 0 Å². The molecule has 3 aromatic rings. The van der Waals surface area contributed by atoms with Crippen molar-refractivity contribution in [2.24, 2.45) is 0 Å². The zero-order valence-corrected chi connectivity index (χ0v) is 15.9. The highest BCUT2D eigenvalue weighted by Gasteiger charge is 2.05. The predicted octanol–water partition coefficient (Wildman–Crippen LogP) is 5.33. The van der Waals surface area contributed by atoms with Crippen LogP contribution < -0.4 is 5.48 Å². The minimum Gasteiger partial charge on any atom is -0.481 e. The van der Waals surface area contributed by atoms with Gasteiger partial charge in [-0.25, -0.2) is 0 Å². The van der Waals surface area contributed by atoms with Gasteiger partial charge in [0.25, 0.3) is 0 Å². The van der Waals surface area contributed by atoms with E-state index < -0.39 is 5.97 Å². The molecule has 0 atom stereocenters. The van der Waals surface area contributed by atoms with E-state index >= 15 is 0 Å². The number of carboxylic acids is 1. The van der Waals surface area contributed by atoms with E-state index in [2.05, 4.69) is 12.1 Å². The molecule has 28 heavy (non-hydrogen) atoms.